The molecule has 0 spiro atoms. The van der Waals surface area contributed by atoms with Gasteiger partial charge in [-0.3, -0.25) is 4.79 Å². The Bertz CT molecular complexity index is 1590. The molecule has 11 N–H and O–H groups in total. The Morgan fingerprint density at radius 1 is 0.762 bits per heavy atom. The lowest BCUT2D eigenvalue weighted by Gasteiger charge is -2.60. The molecule has 4 saturated heterocycles. The second-order valence-electron chi connectivity index (χ2n) is 21.0. The first-order valence-electron chi connectivity index (χ1n) is 23.2. The van der Waals surface area contributed by atoms with Crippen molar-refractivity contribution >= 4 is 5.78 Å². The van der Waals surface area contributed by atoms with E-state index < -0.39 is 105 Å². The largest absolute Gasteiger partial charge is 0.394 e. The molecule has 63 heavy (non-hydrogen) atoms. The predicted molar refractivity (Wildman–Crippen MR) is 213 cm³/mol. The maximum atomic E-state index is 14.3. The first-order valence-corrected chi connectivity index (χ1v) is 23.2. The van der Waals surface area contributed by atoms with Gasteiger partial charge < -0.3 is 89.3 Å². The Labute approximate surface area is 367 Å². The molecule has 8 rings (SSSR count). The van der Waals surface area contributed by atoms with Crippen LogP contribution >= 0.6 is 0 Å². The molecule has 8 aliphatic rings. The summed E-state index contributed by atoms with van der Waals surface area (Å²) in [5.41, 5.74) is -0.420. The predicted octanol–water partition coefficient (Wildman–Crippen LogP) is -1.96. The quantitative estimate of drug-likeness (QED) is 0.0948. The van der Waals surface area contributed by atoms with E-state index in [2.05, 4.69) is 20.8 Å². The summed E-state index contributed by atoms with van der Waals surface area (Å²) in [4.78, 5) is 14.3. The zero-order chi connectivity index (χ0) is 45.5. The van der Waals surface area contributed by atoms with Gasteiger partial charge in [-0.2, -0.15) is 0 Å². The number of hydrogen-bond donors (Lipinski definition) is 11. The number of ether oxygens (including phenoxy) is 7. The van der Waals surface area contributed by atoms with Crippen molar-refractivity contribution in [2.45, 2.75) is 189 Å². The minimum Gasteiger partial charge on any atom is -0.394 e. The van der Waals surface area contributed by atoms with Crippen LogP contribution < -0.4 is 0 Å². The molecular formula is C44H72O19. The van der Waals surface area contributed by atoms with Crippen molar-refractivity contribution < 1.29 is 94.1 Å². The monoisotopic (exact) mass is 904 g/mol. The number of ketones is 1. The van der Waals surface area contributed by atoms with E-state index in [1.807, 2.05) is 6.92 Å². The van der Waals surface area contributed by atoms with Gasteiger partial charge in [0.1, 0.15) is 72.9 Å². The maximum absolute atomic E-state index is 14.3. The number of rotatable bonds is 12. The van der Waals surface area contributed by atoms with Crippen LogP contribution in [0.3, 0.4) is 0 Å². The van der Waals surface area contributed by atoms with Crippen LogP contribution in [-0.4, -0.2) is 192 Å². The molecule has 362 valence electrons. The van der Waals surface area contributed by atoms with Crippen LogP contribution in [0.5, 0.6) is 0 Å². The highest BCUT2D eigenvalue weighted by Gasteiger charge is 2.69. The van der Waals surface area contributed by atoms with Crippen molar-refractivity contribution in [3.63, 3.8) is 0 Å². The number of carbonyl (C=O) groups excluding carboxylic acids is 1. The first-order chi connectivity index (χ1) is 29.7. The Balaban J connectivity index is 0.850. The van der Waals surface area contributed by atoms with Gasteiger partial charge in [-0.15, -0.1) is 0 Å². The van der Waals surface area contributed by atoms with Crippen LogP contribution in [0, 0.1) is 52.3 Å². The number of fused-ring (bicyclic) bond motifs is 7. The zero-order valence-corrected chi connectivity index (χ0v) is 36.7. The van der Waals surface area contributed by atoms with Gasteiger partial charge in [0, 0.05) is 24.7 Å². The molecule has 0 aromatic heterocycles. The van der Waals surface area contributed by atoms with Crippen LogP contribution in [-0.2, 0) is 38.0 Å². The van der Waals surface area contributed by atoms with Crippen LogP contribution in [0.25, 0.3) is 0 Å². The topological polar surface area (TPSA) is 304 Å². The molecule has 4 saturated carbocycles. The highest BCUT2D eigenvalue weighted by atomic mass is 16.7. The molecule has 0 unspecified atom stereocenters. The van der Waals surface area contributed by atoms with Gasteiger partial charge in [-0.1, -0.05) is 27.7 Å². The highest BCUT2D eigenvalue weighted by Crippen LogP contribution is 2.70. The minimum absolute atomic E-state index is 0.0821. The van der Waals surface area contributed by atoms with Crippen LogP contribution in [0.15, 0.2) is 0 Å². The molecule has 19 heteroatoms. The first kappa shape index (κ1) is 48.4. The summed E-state index contributed by atoms with van der Waals surface area (Å²) in [5, 5.41) is 114. The fourth-order valence-electron chi connectivity index (χ4n) is 13.6. The van der Waals surface area contributed by atoms with Crippen molar-refractivity contribution in [1.29, 1.82) is 0 Å². The molecule has 4 aliphatic heterocycles. The standard InChI is InChI=1S/C44H72O19/c1-18(15-57-40-37(54)34(51)32(49)28(14-45)61-40)5-10-44(56)19(2)30-27(63-44)13-23-21-12-25(46)24-11-20(6-8-42(24,3)22(21)7-9-43(23,30)4)60-41-38(55)35(52)33(50)29(62-41)17-59-39-36(53)31(48)26(47)16-58-39/h18-24,26-41,45,47-56H,5-17H2,1-4H3/t18-,19+,20+,21-,22+,23+,24-,26+,27+,28-,29-,30+,31+,32-,33-,34+,35+,36-,37-,38-,39+,40-,41-,42-,43+,44+/m1/s1. The molecule has 8 fully saturated rings. The molecule has 19 nitrogen and oxygen atoms in total. The number of carbonyl (C=O) groups is 1. The lowest BCUT2D eigenvalue weighted by molar-refractivity contribution is -0.330. The van der Waals surface area contributed by atoms with Gasteiger partial charge in [0.15, 0.2) is 24.7 Å². The smallest absolute Gasteiger partial charge is 0.186 e. The third-order valence-electron chi connectivity index (χ3n) is 17.4. The van der Waals surface area contributed by atoms with Crippen molar-refractivity contribution in [2.75, 3.05) is 26.4 Å². The van der Waals surface area contributed by atoms with E-state index in [4.69, 9.17) is 33.2 Å². The normalized spacial score (nSPS) is 55.1. The number of aliphatic hydroxyl groups is 11. The molecular weight excluding hydrogens is 832 g/mol. The fraction of sp³-hybridized carbons (Fsp3) is 0.977. The lowest BCUT2D eigenvalue weighted by atomic mass is 9.44. The van der Waals surface area contributed by atoms with Crippen LogP contribution in [0.1, 0.15) is 85.5 Å². The highest BCUT2D eigenvalue weighted by molar-refractivity contribution is 5.83. The van der Waals surface area contributed by atoms with E-state index in [-0.39, 0.29) is 78.0 Å². The van der Waals surface area contributed by atoms with E-state index in [1.54, 1.807) is 0 Å². The van der Waals surface area contributed by atoms with Gasteiger partial charge in [-0.25, -0.2) is 0 Å². The molecule has 26 atom stereocenters. The van der Waals surface area contributed by atoms with Gasteiger partial charge in [-0.05, 0) is 85.4 Å². The second-order valence-corrected chi connectivity index (χ2v) is 21.0. The van der Waals surface area contributed by atoms with Crippen molar-refractivity contribution in [3.05, 3.63) is 0 Å². The average Bonchev–Trinajstić information content (AvgIpc) is 3.69. The molecule has 4 aliphatic carbocycles. The summed E-state index contributed by atoms with van der Waals surface area (Å²) >= 11 is 0. The van der Waals surface area contributed by atoms with Crippen molar-refractivity contribution in [2.24, 2.45) is 52.3 Å². The summed E-state index contributed by atoms with van der Waals surface area (Å²) in [6, 6.07) is 0. The average molecular weight is 905 g/mol. The Morgan fingerprint density at radius 3 is 2.13 bits per heavy atom. The third-order valence-corrected chi connectivity index (χ3v) is 17.4. The maximum Gasteiger partial charge on any atom is 0.186 e. The van der Waals surface area contributed by atoms with Gasteiger partial charge in [0.25, 0.3) is 0 Å². The number of aliphatic hydroxyl groups excluding tert-OH is 10. The summed E-state index contributed by atoms with van der Waals surface area (Å²) in [6.45, 7) is 7.49. The Kier molecular flexibility index (Phi) is 14.2. The molecule has 0 bridgehead atoms. The van der Waals surface area contributed by atoms with Gasteiger partial charge in [0.2, 0.25) is 0 Å². The SMILES string of the molecule is C[C@H](CC[C@]1(O)O[C@H]2C[C@H]3[C@@H]4CC(=O)[C@H]5C[C@@H](O[C@@H]6O[C@H](CO[C@@H]7OC[C@H](O)[C@H](O)[C@H]7O)[C@@H](O)[C@H](O)[C@H]6O)CC[C@]5(C)[C@H]4CC[C@]3(C)[C@H]2[C@@H]1C)CO[C@@H]1O[C@H](CO)[C@@H](O)[C@H](O)[C@H]1O. The van der Waals surface area contributed by atoms with Crippen LogP contribution in [0.2, 0.25) is 0 Å². The molecule has 0 amide bonds. The zero-order valence-electron chi connectivity index (χ0n) is 36.7. The van der Waals surface area contributed by atoms with E-state index in [0.29, 0.717) is 44.4 Å². The molecule has 0 aromatic rings. The summed E-state index contributed by atoms with van der Waals surface area (Å²) in [6.07, 6.45) is -14.7. The van der Waals surface area contributed by atoms with E-state index in [0.717, 1.165) is 19.3 Å². The number of Topliss-reactive ketones (excluding diaryl/α,β-unsaturated/α-hetero) is 1. The summed E-state index contributed by atoms with van der Waals surface area (Å²) in [7, 11) is 0. The van der Waals surface area contributed by atoms with E-state index >= 15 is 0 Å². The Hall–Kier alpha value is -1.05. The third kappa shape index (κ3) is 8.60. The second kappa shape index (κ2) is 18.5. The Morgan fingerprint density at radius 2 is 1.41 bits per heavy atom. The van der Waals surface area contributed by atoms with Crippen LogP contribution in [0.4, 0.5) is 0 Å². The molecule has 0 radical (unpaired) electrons. The summed E-state index contributed by atoms with van der Waals surface area (Å²) < 4.78 is 40.9. The van der Waals surface area contributed by atoms with E-state index in [9.17, 15) is 61.0 Å². The summed E-state index contributed by atoms with van der Waals surface area (Å²) in [5.74, 6) is -0.895. The van der Waals surface area contributed by atoms with E-state index in [1.165, 1.54) is 0 Å². The van der Waals surface area contributed by atoms with Crippen molar-refractivity contribution in [3.8, 4) is 0 Å². The number of hydrogen-bond acceptors (Lipinski definition) is 19. The molecule has 0 aromatic carbocycles. The van der Waals surface area contributed by atoms with Crippen molar-refractivity contribution in [1.82, 2.24) is 0 Å². The molecule has 4 heterocycles. The van der Waals surface area contributed by atoms with Gasteiger partial charge >= 0.3 is 0 Å². The minimum atomic E-state index is -1.64. The fourth-order valence-corrected chi connectivity index (χ4v) is 13.6. The lowest BCUT2D eigenvalue weighted by Crippen LogP contribution is -2.61. The van der Waals surface area contributed by atoms with Gasteiger partial charge in [0.05, 0.1) is 38.6 Å².